The van der Waals surface area contributed by atoms with E-state index >= 15 is 0 Å². The maximum Gasteiger partial charge on any atom is 0.251 e. The summed E-state index contributed by atoms with van der Waals surface area (Å²) in [6, 6.07) is 16.3. The fraction of sp³-hybridized carbons (Fsp3) is 0.462. The van der Waals surface area contributed by atoms with E-state index in [1.807, 2.05) is 24.3 Å². The highest BCUT2D eigenvalue weighted by Gasteiger charge is 2.16. The summed E-state index contributed by atoms with van der Waals surface area (Å²) in [5.74, 6) is 1.08. The Morgan fingerprint density at radius 3 is 2.70 bits per heavy atom. The molecule has 0 saturated carbocycles. The first-order valence-electron chi connectivity index (χ1n) is 11.6. The van der Waals surface area contributed by atoms with Crippen LogP contribution in [0.15, 0.2) is 53.5 Å². The number of carbonyl (C=O) groups excluding carboxylic acids is 1. The standard InChI is InChI=1S/C26H36N4O2.HI/c1-4-27-26(29-16-20(3)22-10-5-8-19(2)14-22)30-17-21-9-6-11-23(15-21)25(31)28-18-24-12-7-13-32-24;/h5-6,8-11,14-15,20,24H,4,7,12-13,16-18H2,1-3H3,(H,28,31)(H2,27,29,30);1H. The molecule has 1 aliphatic heterocycles. The van der Waals surface area contributed by atoms with Gasteiger partial charge in [0.1, 0.15) is 0 Å². The van der Waals surface area contributed by atoms with Crippen LogP contribution in [0.3, 0.4) is 0 Å². The predicted molar refractivity (Wildman–Crippen MR) is 146 cm³/mol. The third-order valence-corrected chi connectivity index (χ3v) is 5.65. The van der Waals surface area contributed by atoms with Crippen LogP contribution in [0.25, 0.3) is 0 Å². The van der Waals surface area contributed by atoms with Crippen LogP contribution in [-0.4, -0.2) is 44.2 Å². The molecule has 1 saturated heterocycles. The smallest absolute Gasteiger partial charge is 0.251 e. The van der Waals surface area contributed by atoms with Gasteiger partial charge in [0.15, 0.2) is 5.96 Å². The van der Waals surface area contributed by atoms with Gasteiger partial charge in [-0.3, -0.25) is 4.79 Å². The second-order valence-electron chi connectivity index (χ2n) is 8.44. The van der Waals surface area contributed by atoms with E-state index in [0.29, 0.717) is 24.6 Å². The molecule has 1 amide bonds. The van der Waals surface area contributed by atoms with E-state index < -0.39 is 0 Å². The van der Waals surface area contributed by atoms with Crippen LogP contribution in [0.2, 0.25) is 0 Å². The molecule has 2 atom stereocenters. The van der Waals surface area contributed by atoms with Gasteiger partial charge in [0.2, 0.25) is 0 Å². The molecule has 2 aromatic rings. The number of ether oxygens (including phenoxy) is 1. The molecule has 0 aliphatic carbocycles. The number of benzene rings is 2. The number of nitrogens with one attached hydrogen (secondary N) is 3. The van der Waals surface area contributed by atoms with Gasteiger partial charge in [0.25, 0.3) is 5.91 Å². The number of rotatable bonds is 9. The molecule has 1 aliphatic rings. The Morgan fingerprint density at radius 2 is 1.97 bits per heavy atom. The molecule has 1 heterocycles. The van der Waals surface area contributed by atoms with E-state index in [1.54, 1.807) is 0 Å². The minimum atomic E-state index is -0.0664. The molecule has 3 rings (SSSR count). The third-order valence-electron chi connectivity index (χ3n) is 5.65. The van der Waals surface area contributed by atoms with Crippen LogP contribution >= 0.6 is 24.0 Å². The highest BCUT2D eigenvalue weighted by molar-refractivity contribution is 14.0. The lowest BCUT2D eigenvalue weighted by Gasteiger charge is -2.17. The van der Waals surface area contributed by atoms with E-state index in [2.05, 4.69) is 61.0 Å². The van der Waals surface area contributed by atoms with Crippen molar-refractivity contribution in [3.8, 4) is 0 Å². The molecular weight excluding hydrogens is 527 g/mol. The molecule has 7 heteroatoms. The molecule has 0 bridgehead atoms. The maximum atomic E-state index is 12.5. The van der Waals surface area contributed by atoms with Gasteiger partial charge in [0, 0.05) is 31.8 Å². The molecular formula is C26H37IN4O2. The van der Waals surface area contributed by atoms with Crippen molar-refractivity contribution >= 4 is 35.8 Å². The Balaban J connectivity index is 0.00000385. The molecule has 2 unspecified atom stereocenters. The number of hydrogen-bond acceptors (Lipinski definition) is 3. The lowest BCUT2D eigenvalue weighted by atomic mass is 9.99. The Labute approximate surface area is 215 Å². The molecule has 33 heavy (non-hydrogen) atoms. The van der Waals surface area contributed by atoms with Gasteiger partial charge < -0.3 is 20.7 Å². The molecule has 0 radical (unpaired) electrons. The number of aliphatic imine (C=N–C) groups is 1. The molecule has 180 valence electrons. The number of nitrogens with zero attached hydrogens (tertiary/aromatic N) is 1. The first-order valence-corrected chi connectivity index (χ1v) is 11.6. The van der Waals surface area contributed by atoms with Crippen molar-refractivity contribution in [2.45, 2.75) is 52.2 Å². The van der Waals surface area contributed by atoms with Gasteiger partial charge in [-0.2, -0.15) is 0 Å². The highest BCUT2D eigenvalue weighted by Crippen LogP contribution is 2.15. The molecule has 6 nitrogen and oxygen atoms in total. The summed E-state index contributed by atoms with van der Waals surface area (Å²) in [5, 5.41) is 9.73. The van der Waals surface area contributed by atoms with Gasteiger partial charge >= 0.3 is 0 Å². The summed E-state index contributed by atoms with van der Waals surface area (Å²) in [7, 11) is 0. The van der Waals surface area contributed by atoms with Crippen LogP contribution in [0.1, 0.15) is 59.7 Å². The average Bonchev–Trinajstić information content (AvgIpc) is 3.33. The Morgan fingerprint density at radius 1 is 1.15 bits per heavy atom. The zero-order chi connectivity index (χ0) is 22.8. The largest absolute Gasteiger partial charge is 0.376 e. The van der Waals surface area contributed by atoms with Gasteiger partial charge in [0.05, 0.1) is 12.6 Å². The minimum Gasteiger partial charge on any atom is -0.376 e. The van der Waals surface area contributed by atoms with E-state index in [1.165, 1.54) is 11.1 Å². The first kappa shape index (κ1) is 27.1. The fourth-order valence-corrected chi connectivity index (χ4v) is 3.78. The lowest BCUT2D eigenvalue weighted by molar-refractivity contribution is 0.0857. The van der Waals surface area contributed by atoms with Crippen molar-refractivity contribution < 1.29 is 9.53 Å². The van der Waals surface area contributed by atoms with Crippen LogP contribution in [0.5, 0.6) is 0 Å². The molecule has 1 fully saturated rings. The first-order chi connectivity index (χ1) is 15.5. The Bertz CT molecular complexity index is 913. The zero-order valence-corrected chi connectivity index (χ0v) is 22.2. The van der Waals surface area contributed by atoms with Gasteiger partial charge in [-0.05, 0) is 55.9 Å². The van der Waals surface area contributed by atoms with Crippen molar-refractivity contribution in [1.82, 2.24) is 16.0 Å². The topological polar surface area (TPSA) is 74.8 Å². The third kappa shape index (κ3) is 8.97. The number of carbonyl (C=O) groups is 1. The average molecular weight is 565 g/mol. The molecule has 2 aromatic carbocycles. The summed E-state index contributed by atoms with van der Waals surface area (Å²) < 4.78 is 5.58. The predicted octanol–water partition coefficient (Wildman–Crippen LogP) is 4.38. The lowest BCUT2D eigenvalue weighted by Crippen LogP contribution is -2.39. The molecule has 3 N–H and O–H groups in total. The summed E-state index contributed by atoms with van der Waals surface area (Å²) >= 11 is 0. The second-order valence-corrected chi connectivity index (χ2v) is 8.44. The summed E-state index contributed by atoms with van der Waals surface area (Å²) in [4.78, 5) is 17.2. The monoisotopic (exact) mass is 564 g/mol. The van der Waals surface area contributed by atoms with Crippen molar-refractivity contribution in [3.63, 3.8) is 0 Å². The summed E-state index contributed by atoms with van der Waals surface area (Å²) in [6.45, 7) is 9.82. The van der Waals surface area contributed by atoms with E-state index in [4.69, 9.17) is 9.73 Å². The van der Waals surface area contributed by atoms with Crippen molar-refractivity contribution in [2.75, 3.05) is 26.2 Å². The summed E-state index contributed by atoms with van der Waals surface area (Å²) in [5.41, 5.74) is 4.24. The zero-order valence-electron chi connectivity index (χ0n) is 19.9. The molecule has 0 aromatic heterocycles. The van der Waals surface area contributed by atoms with Gasteiger partial charge in [-0.25, -0.2) is 4.99 Å². The van der Waals surface area contributed by atoms with E-state index in [-0.39, 0.29) is 36.0 Å². The van der Waals surface area contributed by atoms with E-state index in [9.17, 15) is 4.79 Å². The second kappa shape index (κ2) is 14.2. The van der Waals surface area contributed by atoms with Crippen LogP contribution in [0, 0.1) is 6.92 Å². The number of hydrogen-bond donors (Lipinski definition) is 3. The normalized spacial score (nSPS) is 16.6. The van der Waals surface area contributed by atoms with E-state index in [0.717, 1.165) is 44.1 Å². The molecule has 0 spiro atoms. The van der Waals surface area contributed by atoms with Crippen molar-refractivity contribution in [2.24, 2.45) is 4.99 Å². The van der Waals surface area contributed by atoms with Crippen LogP contribution < -0.4 is 16.0 Å². The van der Waals surface area contributed by atoms with Gasteiger partial charge in [-0.1, -0.05) is 48.9 Å². The van der Waals surface area contributed by atoms with Crippen LogP contribution in [0.4, 0.5) is 0 Å². The van der Waals surface area contributed by atoms with Crippen molar-refractivity contribution in [3.05, 3.63) is 70.8 Å². The van der Waals surface area contributed by atoms with Gasteiger partial charge in [-0.15, -0.1) is 24.0 Å². The SMILES string of the molecule is CCNC(=NCc1cccc(C(=O)NCC2CCCO2)c1)NCC(C)c1cccc(C)c1.I. The highest BCUT2D eigenvalue weighted by atomic mass is 127. The number of aryl methyl sites for hydroxylation is 1. The number of guanidine groups is 1. The quantitative estimate of drug-likeness (QED) is 0.240. The minimum absolute atomic E-state index is 0. The van der Waals surface area contributed by atoms with Crippen molar-refractivity contribution in [1.29, 1.82) is 0 Å². The maximum absolute atomic E-state index is 12.5. The Kier molecular flexibility index (Phi) is 11.7. The fourth-order valence-electron chi connectivity index (χ4n) is 3.78. The Hall–Kier alpha value is -2.13. The summed E-state index contributed by atoms with van der Waals surface area (Å²) in [6.07, 6.45) is 2.22. The number of halogens is 1. The van der Waals surface area contributed by atoms with Crippen LogP contribution in [-0.2, 0) is 11.3 Å². The number of amides is 1.